The smallest absolute Gasteiger partial charge is 0.141 e. The molecule has 1 saturated heterocycles. The molecule has 0 amide bonds. The fraction of sp³-hybridized carbons (Fsp3) is 0.500. The van der Waals surface area contributed by atoms with Gasteiger partial charge in [-0.15, -0.1) is 0 Å². The number of ether oxygens (including phenoxy) is 1. The van der Waals surface area contributed by atoms with Gasteiger partial charge in [0.1, 0.15) is 5.82 Å². The molecule has 1 aliphatic rings. The molecule has 0 spiro atoms. The summed E-state index contributed by atoms with van der Waals surface area (Å²) in [6, 6.07) is 4.69. The van der Waals surface area contributed by atoms with Crippen LogP contribution in [-0.4, -0.2) is 19.7 Å². The summed E-state index contributed by atoms with van der Waals surface area (Å²) in [5.74, 6) is 0.223. The molecule has 1 heterocycles. The SMILES string of the molecule is Fc1ccc(COCC2CCNC2)cc1Cl. The van der Waals surface area contributed by atoms with Gasteiger partial charge in [-0.25, -0.2) is 4.39 Å². The maximum absolute atomic E-state index is 12.9. The maximum atomic E-state index is 12.9. The van der Waals surface area contributed by atoms with Crippen molar-refractivity contribution < 1.29 is 9.13 Å². The molecule has 0 aromatic heterocycles. The molecule has 2 nitrogen and oxygen atoms in total. The molecular formula is C12H15ClFNO. The number of hydrogen-bond acceptors (Lipinski definition) is 2. The summed E-state index contributed by atoms with van der Waals surface area (Å²) in [5.41, 5.74) is 0.914. The lowest BCUT2D eigenvalue weighted by Crippen LogP contribution is -2.13. The molecule has 0 radical (unpaired) electrons. The van der Waals surface area contributed by atoms with Crippen LogP contribution in [-0.2, 0) is 11.3 Å². The predicted molar refractivity (Wildman–Crippen MR) is 62.0 cm³/mol. The molecular weight excluding hydrogens is 229 g/mol. The van der Waals surface area contributed by atoms with E-state index in [0.29, 0.717) is 12.5 Å². The Kier molecular flexibility index (Phi) is 4.16. The quantitative estimate of drug-likeness (QED) is 0.878. The van der Waals surface area contributed by atoms with E-state index >= 15 is 0 Å². The monoisotopic (exact) mass is 243 g/mol. The molecule has 1 aliphatic heterocycles. The third kappa shape index (κ3) is 3.17. The van der Waals surface area contributed by atoms with Crippen molar-refractivity contribution in [1.29, 1.82) is 0 Å². The Labute approximate surface area is 99.7 Å². The van der Waals surface area contributed by atoms with E-state index in [1.807, 2.05) is 0 Å². The minimum atomic E-state index is -0.384. The van der Waals surface area contributed by atoms with Gasteiger partial charge in [0.25, 0.3) is 0 Å². The Morgan fingerprint density at radius 3 is 3.06 bits per heavy atom. The molecule has 0 bridgehead atoms. The van der Waals surface area contributed by atoms with Gasteiger partial charge in [-0.3, -0.25) is 0 Å². The summed E-state index contributed by atoms with van der Waals surface area (Å²) in [6.07, 6.45) is 1.17. The Morgan fingerprint density at radius 1 is 1.50 bits per heavy atom. The van der Waals surface area contributed by atoms with E-state index in [0.717, 1.165) is 25.3 Å². The van der Waals surface area contributed by atoms with Crippen LogP contribution >= 0.6 is 11.6 Å². The second-order valence-electron chi connectivity index (χ2n) is 4.12. The molecule has 1 atom stereocenters. The number of benzene rings is 1. The van der Waals surface area contributed by atoms with E-state index in [4.69, 9.17) is 16.3 Å². The van der Waals surface area contributed by atoms with E-state index < -0.39 is 0 Å². The van der Waals surface area contributed by atoms with Gasteiger partial charge in [0.05, 0.1) is 18.2 Å². The molecule has 88 valence electrons. The zero-order valence-corrected chi connectivity index (χ0v) is 9.77. The van der Waals surface area contributed by atoms with Crippen molar-refractivity contribution in [3.8, 4) is 0 Å². The summed E-state index contributed by atoms with van der Waals surface area (Å²) in [5, 5.41) is 3.44. The minimum absolute atomic E-state index is 0.156. The van der Waals surface area contributed by atoms with Crippen LogP contribution in [0.15, 0.2) is 18.2 Å². The number of hydrogen-bond donors (Lipinski definition) is 1. The average molecular weight is 244 g/mol. The topological polar surface area (TPSA) is 21.3 Å². The van der Waals surface area contributed by atoms with Gasteiger partial charge in [-0.1, -0.05) is 17.7 Å². The Bertz CT molecular complexity index is 353. The van der Waals surface area contributed by atoms with Gasteiger partial charge in [0.15, 0.2) is 0 Å². The molecule has 1 aromatic rings. The van der Waals surface area contributed by atoms with Crippen LogP contribution in [0.25, 0.3) is 0 Å². The van der Waals surface area contributed by atoms with E-state index in [-0.39, 0.29) is 10.8 Å². The lowest BCUT2D eigenvalue weighted by atomic mass is 10.1. The van der Waals surface area contributed by atoms with Crippen LogP contribution in [0.4, 0.5) is 4.39 Å². The molecule has 0 saturated carbocycles. The van der Waals surface area contributed by atoms with Crippen LogP contribution in [0, 0.1) is 11.7 Å². The zero-order chi connectivity index (χ0) is 11.4. The molecule has 1 unspecified atom stereocenters. The molecule has 1 fully saturated rings. The van der Waals surface area contributed by atoms with E-state index in [2.05, 4.69) is 5.32 Å². The molecule has 4 heteroatoms. The summed E-state index contributed by atoms with van der Waals surface area (Å²) in [4.78, 5) is 0. The van der Waals surface area contributed by atoms with Crippen LogP contribution in [0.5, 0.6) is 0 Å². The normalized spacial score (nSPS) is 20.2. The first-order chi connectivity index (χ1) is 7.75. The first kappa shape index (κ1) is 11.8. The van der Waals surface area contributed by atoms with Crippen molar-refractivity contribution in [2.45, 2.75) is 13.0 Å². The first-order valence-electron chi connectivity index (χ1n) is 5.48. The summed E-state index contributed by atoms with van der Waals surface area (Å²) in [7, 11) is 0. The Morgan fingerprint density at radius 2 is 2.38 bits per heavy atom. The van der Waals surface area contributed by atoms with E-state index in [1.54, 1.807) is 12.1 Å². The summed E-state index contributed by atoms with van der Waals surface area (Å²) >= 11 is 5.68. The van der Waals surface area contributed by atoms with Crippen molar-refractivity contribution in [1.82, 2.24) is 5.32 Å². The molecule has 1 aromatic carbocycles. The molecule has 0 aliphatic carbocycles. The van der Waals surface area contributed by atoms with Crippen molar-refractivity contribution in [3.63, 3.8) is 0 Å². The lowest BCUT2D eigenvalue weighted by Gasteiger charge is -2.09. The highest BCUT2D eigenvalue weighted by atomic mass is 35.5. The van der Waals surface area contributed by atoms with Gasteiger partial charge in [0.2, 0.25) is 0 Å². The largest absolute Gasteiger partial charge is 0.376 e. The average Bonchev–Trinajstić information content (AvgIpc) is 2.76. The number of halogens is 2. The van der Waals surface area contributed by atoms with Crippen LogP contribution in [0.3, 0.4) is 0 Å². The van der Waals surface area contributed by atoms with Crippen LogP contribution in [0.2, 0.25) is 5.02 Å². The van der Waals surface area contributed by atoms with Gasteiger partial charge in [-0.05, 0) is 36.6 Å². The Balaban J connectivity index is 1.78. The number of nitrogens with one attached hydrogen (secondary N) is 1. The van der Waals surface area contributed by atoms with E-state index in [1.165, 1.54) is 12.5 Å². The highest BCUT2D eigenvalue weighted by Crippen LogP contribution is 2.17. The lowest BCUT2D eigenvalue weighted by molar-refractivity contribution is 0.0924. The van der Waals surface area contributed by atoms with E-state index in [9.17, 15) is 4.39 Å². The highest BCUT2D eigenvalue weighted by Gasteiger charge is 2.14. The van der Waals surface area contributed by atoms with Gasteiger partial charge in [-0.2, -0.15) is 0 Å². The van der Waals surface area contributed by atoms with Crippen molar-refractivity contribution in [2.24, 2.45) is 5.92 Å². The van der Waals surface area contributed by atoms with Crippen molar-refractivity contribution >= 4 is 11.6 Å². The van der Waals surface area contributed by atoms with Crippen molar-refractivity contribution in [2.75, 3.05) is 19.7 Å². The molecule has 2 rings (SSSR count). The van der Waals surface area contributed by atoms with Crippen LogP contribution < -0.4 is 5.32 Å². The first-order valence-corrected chi connectivity index (χ1v) is 5.86. The fourth-order valence-electron chi connectivity index (χ4n) is 1.83. The maximum Gasteiger partial charge on any atom is 0.141 e. The summed E-state index contributed by atoms with van der Waals surface area (Å²) < 4.78 is 18.5. The number of rotatable bonds is 4. The van der Waals surface area contributed by atoms with Gasteiger partial charge in [0, 0.05) is 6.54 Å². The predicted octanol–water partition coefficient (Wildman–Crippen LogP) is 2.61. The summed E-state index contributed by atoms with van der Waals surface area (Å²) in [6.45, 7) is 3.36. The van der Waals surface area contributed by atoms with Gasteiger partial charge >= 0.3 is 0 Å². The Hall–Kier alpha value is -0.640. The second kappa shape index (κ2) is 5.62. The fourth-order valence-corrected chi connectivity index (χ4v) is 2.03. The molecule has 16 heavy (non-hydrogen) atoms. The van der Waals surface area contributed by atoms with Crippen LogP contribution in [0.1, 0.15) is 12.0 Å². The third-order valence-electron chi connectivity index (χ3n) is 2.77. The van der Waals surface area contributed by atoms with Crippen molar-refractivity contribution in [3.05, 3.63) is 34.6 Å². The standard InChI is InChI=1S/C12H15ClFNO/c13-11-5-9(1-2-12(11)14)7-16-8-10-3-4-15-6-10/h1-2,5,10,15H,3-4,6-8H2. The zero-order valence-electron chi connectivity index (χ0n) is 9.01. The highest BCUT2D eigenvalue weighted by molar-refractivity contribution is 6.30. The second-order valence-corrected chi connectivity index (χ2v) is 4.53. The van der Waals surface area contributed by atoms with Gasteiger partial charge < -0.3 is 10.1 Å². The minimum Gasteiger partial charge on any atom is -0.376 e. The molecule has 1 N–H and O–H groups in total. The third-order valence-corrected chi connectivity index (χ3v) is 3.06.